The van der Waals surface area contributed by atoms with E-state index in [1.54, 1.807) is 0 Å². The molecule has 0 saturated heterocycles. The van der Waals surface area contributed by atoms with Crippen LogP contribution in [-0.4, -0.2) is 6.10 Å². The van der Waals surface area contributed by atoms with Gasteiger partial charge in [0, 0.05) is 6.42 Å². The molecule has 108 valence electrons. The summed E-state index contributed by atoms with van der Waals surface area (Å²) in [6.07, 6.45) is 2.49. The topological polar surface area (TPSA) is 9.23 Å². The summed E-state index contributed by atoms with van der Waals surface area (Å²) in [4.78, 5) is 0. The van der Waals surface area contributed by atoms with Gasteiger partial charge in [0.25, 0.3) is 0 Å². The lowest BCUT2D eigenvalue weighted by Gasteiger charge is -2.11. The molecule has 1 nitrogen and oxygen atoms in total. The van der Waals surface area contributed by atoms with Gasteiger partial charge in [-0.25, -0.2) is 0 Å². The minimum absolute atomic E-state index is 0.108. The molecule has 0 spiro atoms. The van der Waals surface area contributed by atoms with E-state index in [0.717, 1.165) is 12.2 Å². The number of ether oxygens (including phenoxy) is 1. The van der Waals surface area contributed by atoms with E-state index in [0.29, 0.717) is 17.9 Å². The van der Waals surface area contributed by atoms with Crippen LogP contribution in [0.1, 0.15) is 41.3 Å². The molecule has 2 heteroatoms. The van der Waals surface area contributed by atoms with E-state index < -0.39 is 0 Å². The summed E-state index contributed by atoms with van der Waals surface area (Å²) in [6.45, 7) is 2.12. The van der Waals surface area contributed by atoms with E-state index in [1.165, 1.54) is 23.1 Å². The standard InChI is InChI=1S/C19H19ClO/c1-12-9-15-10-14(7-8-18(15)21-12)19(20)17-11-16(17)13-5-3-2-4-6-13/h2-8,10,12,16-17,19H,9,11H2,1H3. The van der Waals surface area contributed by atoms with Crippen LogP contribution in [0.25, 0.3) is 0 Å². The summed E-state index contributed by atoms with van der Waals surface area (Å²) in [5.74, 6) is 2.22. The monoisotopic (exact) mass is 298 g/mol. The highest BCUT2D eigenvalue weighted by Crippen LogP contribution is 2.56. The zero-order chi connectivity index (χ0) is 14.4. The number of hydrogen-bond acceptors (Lipinski definition) is 1. The van der Waals surface area contributed by atoms with Gasteiger partial charge in [0.2, 0.25) is 0 Å². The number of alkyl halides is 1. The summed E-state index contributed by atoms with van der Waals surface area (Å²) < 4.78 is 5.76. The number of halogens is 1. The zero-order valence-electron chi connectivity index (χ0n) is 12.1. The molecule has 4 unspecified atom stereocenters. The Balaban J connectivity index is 1.52. The van der Waals surface area contributed by atoms with E-state index in [4.69, 9.17) is 16.3 Å². The van der Waals surface area contributed by atoms with Crippen molar-refractivity contribution in [3.63, 3.8) is 0 Å². The smallest absolute Gasteiger partial charge is 0.123 e. The van der Waals surface area contributed by atoms with Crippen molar-refractivity contribution in [2.75, 3.05) is 0 Å². The first-order valence-corrected chi connectivity index (χ1v) is 8.14. The van der Waals surface area contributed by atoms with Crippen molar-refractivity contribution in [3.05, 3.63) is 65.2 Å². The Hall–Kier alpha value is -1.47. The van der Waals surface area contributed by atoms with Gasteiger partial charge in [-0.1, -0.05) is 42.5 Å². The molecule has 0 bridgehead atoms. The van der Waals surface area contributed by atoms with E-state index in [9.17, 15) is 0 Å². The minimum Gasteiger partial charge on any atom is -0.490 e. The number of fused-ring (bicyclic) bond motifs is 1. The van der Waals surface area contributed by atoms with Crippen molar-refractivity contribution < 1.29 is 4.74 Å². The lowest BCUT2D eigenvalue weighted by Crippen LogP contribution is -2.05. The second-order valence-corrected chi connectivity index (χ2v) is 6.79. The fourth-order valence-electron chi connectivity index (χ4n) is 3.48. The normalized spacial score (nSPS) is 27.8. The zero-order valence-corrected chi connectivity index (χ0v) is 12.9. The van der Waals surface area contributed by atoms with Crippen molar-refractivity contribution in [2.45, 2.75) is 37.2 Å². The Morgan fingerprint density at radius 2 is 1.95 bits per heavy atom. The van der Waals surface area contributed by atoms with Gasteiger partial charge in [-0.3, -0.25) is 0 Å². The molecule has 4 rings (SSSR count). The summed E-state index contributed by atoms with van der Waals surface area (Å²) in [7, 11) is 0. The van der Waals surface area contributed by atoms with Crippen LogP contribution in [-0.2, 0) is 6.42 Å². The molecule has 2 aliphatic rings. The Morgan fingerprint density at radius 1 is 1.14 bits per heavy atom. The third-order valence-corrected chi connectivity index (χ3v) is 5.26. The minimum atomic E-state index is 0.108. The van der Waals surface area contributed by atoms with Crippen LogP contribution in [0.2, 0.25) is 0 Å². The van der Waals surface area contributed by atoms with Gasteiger partial charge in [0.05, 0.1) is 5.38 Å². The van der Waals surface area contributed by atoms with Gasteiger partial charge in [0.1, 0.15) is 11.9 Å². The van der Waals surface area contributed by atoms with Crippen LogP contribution >= 0.6 is 11.6 Å². The Morgan fingerprint density at radius 3 is 2.76 bits per heavy atom. The third kappa shape index (κ3) is 2.44. The van der Waals surface area contributed by atoms with Crippen LogP contribution < -0.4 is 4.74 Å². The quantitative estimate of drug-likeness (QED) is 0.717. The number of benzene rings is 2. The maximum absolute atomic E-state index is 6.75. The first kappa shape index (κ1) is 13.2. The van der Waals surface area contributed by atoms with Crippen molar-refractivity contribution in [3.8, 4) is 5.75 Å². The molecule has 4 atom stereocenters. The van der Waals surface area contributed by atoms with Gasteiger partial charge < -0.3 is 4.74 Å². The van der Waals surface area contributed by atoms with Gasteiger partial charge in [0.15, 0.2) is 0 Å². The van der Waals surface area contributed by atoms with Crippen LogP contribution in [0, 0.1) is 5.92 Å². The highest BCUT2D eigenvalue weighted by Gasteiger charge is 2.43. The predicted molar refractivity (Wildman–Crippen MR) is 86.1 cm³/mol. The SMILES string of the molecule is CC1Cc2cc(C(Cl)C3CC3c3ccccc3)ccc2O1. The van der Waals surface area contributed by atoms with Gasteiger partial charge in [-0.2, -0.15) is 0 Å². The largest absolute Gasteiger partial charge is 0.490 e. The van der Waals surface area contributed by atoms with Crippen LogP contribution in [0.4, 0.5) is 0 Å². The molecule has 1 aliphatic carbocycles. The molecule has 1 aliphatic heterocycles. The maximum atomic E-state index is 6.75. The first-order valence-electron chi connectivity index (χ1n) is 7.71. The van der Waals surface area contributed by atoms with E-state index in [-0.39, 0.29) is 5.38 Å². The average Bonchev–Trinajstić information content (AvgIpc) is 3.22. The lowest BCUT2D eigenvalue weighted by atomic mass is 10.0. The van der Waals surface area contributed by atoms with Crippen molar-refractivity contribution >= 4 is 11.6 Å². The third-order valence-electron chi connectivity index (χ3n) is 4.68. The van der Waals surface area contributed by atoms with E-state index in [2.05, 4.69) is 55.5 Å². The first-order chi connectivity index (χ1) is 10.2. The summed E-state index contributed by atoms with van der Waals surface area (Å²) in [6, 6.07) is 17.2. The van der Waals surface area contributed by atoms with Gasteiger partial charge in [-0.05, 0) is 47.9 Å². The highest BCUT2D eigenvalue weighted by atomic mass is 35.5. The lowest BCUT2D eigenvalue weighted by molar-refractivity contribution is 0.254. The molecule has 0 amide bonds. The van der Waals surface area contributed by atoms with Crippen LogP contribution in [0.15, 0.2) is 48.5 Å². The molecule has 0 radical (unpaired) electrons. The second-order valence-electron chi connectivity index (χ2n) is 6.32. The van der Waals surface area contributed by atoms with E-state index >= 15 is 0 Å². The Labute approximate surface area is 130 Å². The van der Waals surface area contributed by atoms with Crippen LogP contribution in [0.5, 0.6) is 5.75 Å². The number of hydrogen-bond donors (Lipinski definition) is 0. The van der Waals surface area contributed by atoms with Crippen LogP contribution in [0.3, 0.4) is 0 Å². The fourth-order valence-corrected chi connectivity index (χ4v) is 3.90. The molecule has 0 aromatic heterocycles. The maximum Gasteiger partial charge on any atom is 0.123 e. The van der Waals surface area contributed by atoms with Crippen molar-refractivity contribution in [1.82, 2.24) is 0 Å². The summed E-state index contributed by atoms with van der Waals surface area (Å²) in [5.41, 5.74) is 3.98. The molecule has 1 saturated carbocycles. The van der Waals surface area contributed by atoms with Gasteiger partial charge in [-0.15, -0.1) is 11.6 Å². The molecule has 2 aromatic rings. The molecule has 0 N–H and O–H groups in total. The molecule has 1 heterocycles. The van der Waals surface area contributed by atoms with E-state index in [1.807, 2.05) is 0 Å². The molecular weight excluding hydrogens is 280 g/mol. The summed E-state index contributed by atoms with van der Waals surface area (Å²) in [5, 5.41) is 0.108. The fraction of sp³-hybridized carbons (Fsp3) is 0.368. The second kappa shape index (κ2) is 5.06. The highest BCUT2D eigenvalue weighted by molar-refractivity contribution is 6.21. The Kier molecular flexibility index (Phi) is 3.19. The average molecular weight is 299 g/mol. The Bertz CT molecular complexity index is 652. The van der Waals surface area contributed by atoms with Gasteiger partial charge >= 0.3 is 0 Å². The van der Waals surface area contributed by atoms with Crippen molar-refractivity contribution in [2.24, 2.45) is 5.92 Å². The molecule has 2 aromatic carbocycles. The molecular formula is C19H19ClO. The number of rotatable bonds is 3. The summed E-state index contributed by atoms with van der Waals surface area (Å²) >= 11 is 6.75. The van der Waals surface area contributed by atoms with Crippen molar-refractivity contribution in [1.29, 1.82) is 0 Å². The molecule has 21 heavy (non-hydrogen) atoms. The predicted octanol–water partition coefficient (Wildman–Crippen LogP) is 5.09. The molecule has 1 fully saturated rings.